The lowest BCUT2D eigenvalue weighted by atomic mass is 9.79. The molecule has 0 aromatic heterocycles. The summed E-state index contributed by atoms with van der Waals surface area (Å²) < 4.78 is 0. The minimum atomic E-state index is -0.679. The molecule has 0 fully saturated rings. The van der Waals surface area contributed by atoms with E-state index >= 15 is 0 Å². The number of rotatable bonds is 3. The molecule has 0 unspecified atom stereocenters. The van der Waals surface area contributed by atoms with Crippen LogP contribution in [0.2, 0.25) is 0 Å². The summed E-state index contributed by atoms with van der Waals surface area (Å²) in [6, 6.07) is 25.2. The first kappa shape index (κ1) is 15.8. The van der Waals surface area contributed by atoms with E-state index in [1.54, 1.807) is 0 Å². The van der Waals surface area contributed by atoms with E-state index in [2.05, 4.69) is 93.6 Å². The first-order valence-electron chi connectivity index (χ1n) is 7.92. The van der Waals surface area contributed by atoms with Crippen molar-refractivity contribution in [3.63, 3.8) is 0 Å². The Morgan fingerprint density at radius 3 is 1.04 bits per heavy atom. The highest BCUT2D eigenvalue weighted by Crippen LogP contribution is 2.46. The fourth-order valence-corrected chi connectivity index (χ4v) is 3.95. The maximum atomic E-state index is 7.43. The Morgan fingerprint density at radius 1 is 0.522 bits per heavy atom. The van der Waals surface area contributed by atoms with Gasteiger partial charge in [0.15, 0.2) is 0 Å². The second-order valence-electron chi connectivity index (χ2n) is 6.10. The standard InChI is InChI=1S/C22H21Cl/c1-16-10-4-7-13-19(16)22(23,20-14-8-5-11-17(20)2)21-15-9-6-12-18(21)3/h4-15H,1-3H3. The Morgan fingerprint density at radius 2 is 0.783 bits per heavy atom. The van der Waals surface area contributed by atoms with Gasteiger partial charge in [0.2, 0.25) is 0 Å². The van der Waals surface area contributed by atoms with E-state index in [0.29, 0.717) is 0 Å². The van der Waals surface area contributed by atoms with Gasteiger partial charge in [-0.05, 0) is 54.2 Å². The van der Waals surface area contributed by atoms with Gasteiger partial charge in [0.05, 0.1) is 0 Å². The van der Waals surface area contributed by atoms with Crippen LogP contribution >= 0.6 is 11.6 Å². The molecule has 0 aliphatic carbocycles. The summed E-state index contributed by atoms with van der Waals surface area (Å²) in [7, 11) is 0. The highest BCUT2D eigenvalue weighted by molar-refractivity contribution is 6.28. The average molecular weight is 321 g/mol. The minimum absolute atomic E-state index is 0.679. The number of hydrogen-bond donors (Lipinski definition) is 0. The summed E-state index contributed by atoms with van der Waals surface area (Å²) in [5.41, 5.74) is 7.04. The van der Waals surface area contributed by atoms with Gasteiger partial charge < -0.3 is 0 Å². The molecule has 0 atom stereocenters. The first-order valence-corrected chi connectivity index (χ1v) is 8.30. The van der Waals surface area contributed by atoms with E-state index in [9.17, 15) is 0 Å². The van der Waals surface area contributed by atoms with Gasteiger partial charge in [0, 0.05) is 0 Å². The monoisotopic (exact) mass is 320 g/mol. The minimum Gasteiger partial charge on any atom is -0.104 e. The maximum absolute atomic E-state index is 7.43. The van der Waals surface area contributed by atoms with Crippen LogP contribution in [0.15, 0.2) is 72.8 Å². The SMILES string of the molecule is Cc1ccccc1C(Cl)(c1ccccc1C)c1ccccc1C. The van der Waals surface area contributed by atoms with Crippen LogP contribution in [0, 0.1) is 20.8 Å². The van der Waals surface area contributed by atoms with Crippen molar-refractivity contribution < 1.29 is 0 Å². The van der Waals surface area contributed by atoms with Crippen molar-refractivity contribution in [3.8, 4) is 0 Å². The smallest absolute Gasteiger partial charge is 0.104 e. The molecule has 3 rings (SSSR count). The molecule has 0 spiro atoms. The lowest BCUT2D eigenvalue weighted by Gasteiger charge is -2.33. The molecule has 0 N–H and O–H groups in total. The van der Waals surface area contributed by atoms with Gasteiger partial charge in [-0.2, -0.15) is 0 Å². The molecule has 0 amide bonds. The van der Waals surface area contributed by atoms with E-state index in [4.69, 9.17) is 11.6 Å². The van der Waals surface area contributed by atoms with Crippen LogP contribution in [-0.2, 0) is 4.87 Å². The van der Waals surface area contributed by atoms with Crippen molar-refractivity contribution in [2.24, 2.45) is 0 Å². The van der Waals surface area contributed by atoms with Gasteiger partial charge in [-0.1, -0.05) is 72.8 Å². The van der Waals surface area contributed by atoms with Crippen LogP contribution in [0.1, 0.15) is 33.4 Å². The van der Waals surface area contributed by atoms with Crippen molar-refractivity contribution >= 4 is 11.6 Å². The molecular formula is C22H21Cl. The molecule has 0 bridgehead atoms. The average Bonchev–Trinajstić information content (AvgIpc) is 2.55. The number of alkyl halides is 1. The van der Waals surface area contributed by atoms with Gasteiger partial charge in [-0.15, -0.1) is 11.6 Å². The zero-order valence-corrected chi connectivity index (χ0v) is 14.6. The fourth-order valence-electron chi connectivity index (χ4n) is 3.31. The van der Waals surface area contributed by atoms with Crippen molar-refractivity contribution in [2.45, 2.75) is 25.6 Å². The Balaban J connectivity index is 2.38. The lowest BCUT2D eigenvalue weighted by Crippen LogP contribution is -2.25. The molecule has 0 radical (unpaired) electrons. The molecule has 23 heavy (non-hydrogen) atoms. The first-order chi connectivity index (χ1) is 11.0. The van der Waals surface area contributed by atoms with Crippen molar-refractivity contribution in [1.82, 2.24) is 0 Å². The van der Waals surface area contributed by atoms with Gasteiger partial charge in [-0.25, -0.2) is 0 Å². The molecule has 0 heterocycles. The summed E-state index contributed by atoms with van der Waals surface area (Å²) in [6.45, 7) is 6.38. The highest BCUT2D eigenvalue weighted by atomic mass is 35.5. The predicted octanol–water partition coefficient (Wildman–Crippen LogP) is 6.14. The molecule has 3 aromatic rings. The maximum Gasteiger partial charge on any atom is 0.120 e. The number of halogens is 1. The van der Waals surface area contributed by atoms with Crippen molar-refractivity contribution in [2.75, 3.05) is 0 Å². The fraction of sp³-hybridized carbons (Fsp3) is 0.182. The number of aryl methyl sites for hydroxylation is 3. The van der Waals surface area contributed by atoms with Crippen LogP contribution in [0.5, 0.6) is 0 Å². The summed E-state index contributed by atoms with van der Waals surface area (Å²) >= 11 is 7.43. The molecule has 3 aromatic carbocycles. The second-order valence-corrected chi connectivity index (χ2v) is 6.67. The number of benzene rings is 3. The predicted molar refractivity (Wildman–Crippen MR) is 99.3 cm³/mol. The van der Waals surface area contributed by atoms with Crippen molar-refractivity contribution in [1.29, 1.82) is 0 Å². The largest absolute Gasteiger partial charge is 0.120 e. The van der Waals surface area contributed by atoms with Gasteiger partial charge in [0.1, 0.15) is 4.87 Å². The Kier molecular flexibility index (Phi) is 4.28. The van der Waals surface area contributed by atoms with Crippen LogP contribution < -0.4 is 0 Å². The molecule has 116 valence electrons. The Hall–Kier alpha value is -2.05. The zero-order valence-electron chi connectivity index (χ0n) is 13.8. The van der Waals surface area contributed by atoms with E-state index < -0.39 is 4.87 Å². The molecule has 1 heteroatoms. The highest BCUT2D eigenvalue weighted by Gasteiger charge is 2.37. The van der Waals surface area contributed by atoms with E-state index in [1.807, 2.05) is 0 Å². The van der Waals surface area contributed by atoms with Gasteiger partial charge in [-0.3, -0.25) is 0 Å². The van der Waals surface area contributed by atoms with E-state index in [0.717, 1.165) is 16.7 Å². The Labute approximate surface area is 143 Å². The summed E-state index contributed by atoms with van der Waals surface area (Å²) in [5.74, 6) is 0. The lowest BCUT2D eigenvalue weighted by molar-refractivity contribution is 0.849. The molecule has 0 saturated carbocycles. The van der Waals surface area contributed by atoms with Crippen LogP contribution in [0.25, 0.3) is 0 Å². The second kappa shape index (κ2) is 6.22. The molecule has 0 aliphatic heterocycles. The molecule has 0 saturated heterocycles. The normalized spacial score (nSPS) is 11.5. The summed E-state index contributed by atoms with van der Waals surface area (Å²) in [4.78, 5) is -0.679. The quantitative estimate of drug-likeness (QED) is 0.401. The summed E-state index contributed by atoms with van der Waals surface area (Å²) in [6.07, 6.45) is 0. The zero-order chi connectivity index (χ0) is 16.4. The topological polar surface area (TPSA) is 0 Å². The number of hydrogen-bond acceptors (Lipinski definition) is 0. The third kappa shape index (κ3) is 2.68. The van der Waals surface area contributed by atoms with Crippen LogP contribution in [0.3, 0.4) is 0 Å². The summed E-state index contributed by atoms with van der Waals surface area (Å²) in [5, 5.41) is 0. The Bertz CT molecular complexity index is 722. The van der Waals surface area contributed by atoms with Crippen LogP contribution in [0.4, 0.5) is 0 Å². The van der Waals surface area contributed by atoms with E-state index in [-0.39, 0.29) is 0 Å². The van der Waals surface area contributed by atoms with Crippen molar-refractivity contribution in [3.05, 3.63) is 106 Å². The molecule has 0 nitrogen and oxygen atoms in total. The third-order valence-corrected chi connectivity index (χ3v) is 5.16. The van der Waals surface area contributed by atoms with Crippen LogP contribution in [-0.4, -0.2) is 0 Å². The molecular weight excluding hydrogens is 300 g/mol. The molecule has 0 aliphatic rings. The van der Waals surface area contributed by atoms with E-state index in [1.165, 1.54) is 16.7 Å². The van der Waals surface area contributed by atoms with Gasteiger partial charge >= 0.3 is 0 Å². The third-order valence-electron chi connectivity index (χ3n) is 4.55. The van der Waals surface area contributed by atoms with Gasteiger partial charge in [0.25, 0.3) is 0 Å².